The monoisotopic (exact) mass is 296 g/mol. The lowest BCUT2D eigenvalue weighted by molar-refractivity contribution is 0.175. The molecule has 0 saturated carbocycles. The van der Waals surface area contributed by atoms with Crippen molar-refractivity contribution >= 4 is 16.6 Å². The van der Waals surface area contributed by atoms with Crippen molar-refractivity contribution in [3.63, 3.8) is 0 Å². The quantitative estimate of drug-likeness (QED) is 0.853. The van der Waals surface area contributed by atoms with Crippen LogP contribution in [-0.2, 0) is 0 Å². The van der Waals surface area contributed by atoms with Crippen LogP contribution in [0.5, 0.6) is 0 Å². The van der Waals surface area contributed by atoms with Crippen molar-refractivity contribution in [3.8, 4) is 0 Å². The maximum atomic E-state index is 4.53. The van der Waals surface area contributed by atoms with Crippen LogP contribution < -0.4 is 4.90 Å². The average Bonchev–Trinajstić information content (AvgIpc) is 3.06. The van der Waals surface area contributed by atoms with E-state index in [0.29, 0.717) is 6.04 Å². The fourth-order valence-electron chi connectivity index (χ4n) is 3.97. The van der Waals surface area contributed by atoms with Crippen LogP contribution in [0.4, 0.5) is 5.82 Å². The van der Waals surface area contributed by atoms with Crippen molar-refractivity contribution in [2.45, 2.75) is 38.6 Å². The van der Waals surface area contributed by atoms with Crippen LogP contribution in [0.15, 0.2) is 24.3 Å². The highest BCUT2D eigenvalue weighted by Crippen LogP contribution is 2.29. The molecule has 0 radical (unpaired) electrons. The summed E-state index contributed by atoms with van der Waals surface area (Å²) in [5.74, 6) is 1.07. The third-order valence-corrected chi connectivity index (χ3v) is 5.22. The Hall–Kier alpha value is -1.68. The second-order valence-electron chi connectivity index (χ2n) is 6.64. The van der Waals surface area contributed by atoms with E-state index < -0.39 is 0 Å². The van der Waals surface area contributed by atoms with Gasteiger partial charge in [-0.1, -0.05) is 30.7 Å². The first-order valence-corrected chi connectivity index (χ1v) is 8.54. The lowest BCUT2D eigenvalue weighted by Gasteiger charge is -2.32. The molecule has 2 saturated heterocycles. The van der Waals surface area contributed by atoms with Crippen molar-refractivity contribution in [2.75, 3.05) is 31.1 Å². The molecular formula is C18H24N4. The molecule has 2 fully saturated rings. The second kappa shape index (κ2) is 5.84. The molecule has 22 heavy (non-hydrogen) atoms. The lowest BCUT2D eigenvalue weighted by atomic mass is 10.1. The van der Waals surface area contributed by atoms with Gasteiger partial charge in [-0.05, 0) is 39.3 Å². The lowest BCUT2D eigenvalue weighted by Crippen LogP contribution is -2.41. The largest absolute Gasteiger partial charge is 0.353 e. The maximum Gasteiger partial charge on any atom is 0.159 e. The van der Waals surface area contributed by atoms with Crippen LogP contribution in [0.3, 0.4) is 0 Å². The van der Waals surface area contributed by atoms with Crippen molar-refractivity contribution in [3.05, 3.63) is 30.0 Å². The number of hydrogen-bond donors (Lipinski definition) is 0. The second-order valence-corrected chi connectivity index (χ2v) is 6.64. The van der Waals surface area contributed by atoms with E-state index in [1.807, 2.05) is 6.92 Å². The normalized spacial score (nSPS) is 23.3. The van der Waals surface area contributed by atoms with Gasteiger partial charge in [-0.2, -0.15) is 5.10 Å². The molecule has 0 bridgehead atoms. The predicted molar refractivity (Wildman–Crippen MR) is 90.3 cm³/mol. The molecule has 4 heteroatoms. The molecule has 1 aromatic carbocycles. The molecule has 0 spiro atoms. The Balaban J connectivity index is 1.59. The Morgan fingerprint density at radius 1 is 0.955 bits per heavy atom. The van der Waals surface area contributed by atoms with Gasteiger partial charge in [-0.3, -0.25) is 4.90 Å². The summed E-state index contributed by atoms with van der Waals surface area (Å²) in [4.78, 5) is 5.13. The molecule has 2 aliphatic rings. The number of aromatic nitrogens is 2. The molecule has 2 aromatic rings. The van der Waals surface area contributed by atoms with E-state index in [-0.39, 0.29) is 0 Å². The summed E-state index contributed by atoms with van der Waals surface area (Å²) in [5, 5.41) is 11.4. The smallest absolute Gasteiger partial charge is 0.159 e. The molecule has 116 valence electrons. The molecule has 0 N–H and O–H groups in total. The van der Waals surface area contributed by atoms with Crippen molar-refractivity contribution < 1.29 is 0 Å². The van der Waals surface area contributed by atoms with E-state index in [1.165, 1.54) is 49.5 Å². The van der Waals surface area contributed by atoms with E-state index in [0.717, 1.165) is 24.6 Å². The fraction of sp³-hybridized carbons (Fsp3) is 0.556. The summed E-state index contributed by atoms with van der Waals surface area (Å²) in [6.45, 7) is 6.79. The number of nitrogens with zero attached hydrogens (tertiary/aromatic N) is 4. The van der Waals surface area contributed by atoms with Gasteiger partial charge in [0.15, 0.2) is 5.82 Å². The van der Waals surface area contributed by atoms with Crippen LogP contribution in [0, 0.1) is 6.92 Å². The first-order chi connectivity index (χ1) is 10.8. The summed E-state index contributed by atoms with van der Waals surface area (Å²) in [7, 11) is 0. The highest BCUT2D eigenvalue weighted by Gasteiger charge is 2.30. The van der Waals surface area contributed by atoms with E-state index in [9.17, 15) is 0 Å². The number of hydrogen-bond acceptors (Lipinski definition) is 4. The molecule has 0 amide bonds. The Labute approximate surface area is 132 Å². The molecule has 1 unspecified atom stereocenters. The van der Waals surface area contributed by atoms with E-state index in [1.54, 1.807) is 0 Å². The Morgan fingerprint density at radius 3 is 2.55 bits per heavy atom. The molecular weight excluding hydrogens is 272 g/mol. The van der Waals surface area contributed by atoms with E-state index in [2.05, 4.69) is 44.3 Å². The average molecular weight is 296 g/mol. The number of aryl methyl sites for hydroxylation is 1. The zero-order chi connectivity index (χ0) is 14.9. The van der Waals surface area contributed by atoms with Gasteiger partial charge < -0.3 is 4.90 Å². The number of anilines is 1. The third-order valence-electron chi connectivity index (χ3n) is 5.22. The highest BCUT2D eigenvalue weighted by atomic mass is 15.3. The van der Waals surface area contributed by atoms with Crippen molar-refractivity contribution in [2.24, 2.45) is 0 Å². The number of fused-ring (bicyclic) bond motifs is 1. The molecule has 0 aliphatic carbocycles. The minimum Gasteiger partial charge on any atom is -0.353 e. The third kappa shape index (κ3) is 2.45. The molecule has 4 rings (SSSR count). The predicted octanol–water partition coefficient (Wildman–Crippen LogP) is 3.00. The van der Waals surface area contributed by atoms with Crippen molar-refractivity contribution in [1.29, 1.82) is 0 Å². The highest BCUT2D eigenvalue weighted by molar-refractivity contribution is 5.93. The summed E-state index contributed by atoms with van der Waals surface area (Å²) in [6, 6.07) is 9.22. The Kier molecular flexibility index (Phi) is 3.70. The Morgan fingerprint density at radius 2 is 1.73 bits per heavy atom. The van der Waals surface area contributed by atoms with Crippen LogP contribution in [0.1, 0.15) is 31.4 Å². The van der Waals surface area contributed by atoms with Crippen LogP contribution in [0.25, 0.3) is 10.8 Å². The number of piperidine rings is 1. The number of rotatable bonds is 2. The van der Waals surface area contributed by atoms with E-state index in [4.69, 9.17) is 0 Å². The fourth-order valence-corrected chi connectivity index (χ4v) is 3.97. The molecule has 2 aliphatic heterocycles. The van der Waals surface area contributed by atoms with Crippen LogP contribution >= 0.6 is 0 Å². The molecule has 1 atom stereocenters. The first kappa shape index (κ1) is 13.9. The summed E-state index contributed by atoms with van der Waals surface area (Å²) in [5.41, 5.74) is 1.02. The number of likely N-dealkylation sites (tertiary alicyclic amines) is 1. The summed E-state index contributed by atoms with van der Waals surface area (Å²) in [6.07, 6.45) is 5.39. The van der Waals surface area contributed by atoms with Gasteiger partial charge in [-0.15, -0.1) is 5.10 Å². The van der Waals surface area contributed by atoms with Gasteiger partial charge >= 0.3 is 0 Å². The SMILES string of the molecule is Cc1nnc(N2CCC(N3CCCCC3)C2)c2ccccc12. The zero-order valence-corrected chi connectivity index (χ0v) is 13.3. The van der Waals surface area contributed by atoms with Gasteiger partial charge in [0.1, 0.15) is 0 Å². The topological polar surface area (TPSA) is 32.3 Å². The van der Waals surface area contributed by atoms with E-state index >= 15 is 0 Å². The zero-order valence-electron chi connectivity index (χ0n) is 13.3. The van der Waals surface area contributed by atoms with Crippen LogP contribution in [0.2, 0.25) is 0 Å². The number of benzene rings is 1. The van der Waals surface area contributed by atoms with Gasteiger partial charge in [0, 0.05) is 29.9 Å². The maximum absolute atomic E-state index is 4.53. The van der Waals surface area contributed by atoms with Gasteiger partial charge in [-0.25, -0.2) is 0 Å². The van der Waals surface area contributed by atoms with Crippen LogP contribution in [-0.4, -0.2) is 47.3 Å². The van der Waals surface area contributed by atoms with Gasteiger partial charge in [0.25, 0.3) is 0 Å². The summed E-state index contributed by atoms with van der Waals surface area (Å²) >= 11 is 0. The van der Waals surface area contributed by atoms with Gasteiger partial charge in [0.2, 0.25) is 0 Å². The Bertz CT molecular complexity index is 663. The minimum absolute atomic E-state index is 0.696. The molecule has 3 heterocycles. The minimum atomic E-state index is 0.696. The summed E-state index contributed by atoms with van der Waals surface area (Å²) < 4.78 is 0. The molecule has 4 nitrogen and oxygen atoms in total. The first-order valence-electron chi connectivity index (χ1n) is 8.54. The van der Waals surface area contributed by atoms with Crippen molar-refractivity contribution in [1.82, 2.24) is 15.1 Å². The van der Waals surface area contributed by atoms with Gasteiger partial charge in [0.05, 0.1) is 5.69 Å². The standard InChI is InChI=1S/C18H24N4/c1-14-16-7-3-4-8-17(16)18(20-19-14)22-12-9-15(13-22)21-10-5-2-6-11-21/h3-4,7-8,15H,2,5-6,9-13H2,1H3. The molecule has 1 aromatic heterocycles.